The van der Waals surface area contributed by atoms with Gasteiger partial charge in [-0.15, -0.1) is 0 Å². The number of pyridine rings is 1. The van der Waals surface area contributed by atoms with Gasteiger partial charge in [0, 0.05) is 18.3 Å². The number of carbonyl (C=O) groups excluding carboxylic acids is 1. The largest absolute Gasteiger partial charge is 0.455 e. The molecule has 0 amide bonds. The Morgan fingerprint density at radius 2 is 2.19 bits per heavy atom. The van der Waals surface area contributed by atoms with E-state index in [-0.39, 0.29) is 17.8 Å². The number of carbonyl (C=O) groups is 1. The van der Waals surface area contributed by atoms with Crippen molar-refractivity contribution in [3.05, 3.63) is 29.3 Å². The third-order valence-electron chi connectivity index (χ3n) is 1.78. The number of esters is 1. The van der Waals surface area contributed by atoms with Crippen LogP contribution in [0.4, 0.5) is 4.39 Å². The monoisotopic (exact) mass is 226 g/mol. The first kappa shape index (κ1) is 12.6. The van der Waals surface area contributed by atoms with Crippen molar-refractivity contribution in [1.29, 1.82) is 0 Å². The minimum atomic E-state index is -0.778. The standard InChI is InChI=1S/C11H15FN2O2/c1-11(2,3)16-10(15)9-8(12)7(6-13)4-5-14-9/h4-5H,6,13H2,1-3H3. The van der Waals surface area contributed by atoms with E-state index in [0.29, 0.717) is 0 Å². The van der Waals surface area contributed by atoms with Crippen molar-refractivity contribution in [3.8, 4) is 0 Å². The van der Waals surface area contributed by atoms with Crippen molar-refractivity contribution in [2.75, 3.05) is 0 Å². The van der Waals surface area contributed by atoms with Crippen LogP contribution < -0.4 is 5.73 Å². The van der Waals surface area contributed by atoms with E-state index in [4.69, 9.17) is 10.5 Å². The van der Waals surface area contributed by atoms with Gasteiger partial charge in [0.15, 0.2) is 11.5 Å². The molecular formula is C11H15FN2O2. The second kappa shape index (κ2) is 4.57. The summed E-state index contributed by atoms with van der Waals surface area (Å²) in [6.07, 6.45) is 1.34. The third kappa shape index (κ3) is 3.00. The lowest BCUT2D eigenvalue weighted by Gasteiger charge is -2.19. The Morgan fingerprint density at radius 1 is 1.56 bits per heavy atom. The summed E-state index contributed by atoms with van der Waals surface area (Å²) in [6, 6.07) is 1.43. The summed E-state index contributed by atoms with van der Waals surface area (Å²) in [6.45, 7) is 5.13. The van der Waals surface area contributed by atoms with E-state index in [9.17, 15) is 9.18 Å². The molecule has 1 aromatic heterocycles. The van der Waals surface area contributed by atoms with Gasteiger partial charge in [-0.2, -0.15) is 0 Å². The van der Waals surface area contributed by atoms with Crippen molar-refractivity contribution in [2.24, 2.45) is 5.73 Å². The Bertz CT molecular complexity index is 399. The van der Waals surface area contributed by atoms with E-state index in [2.05, 4.69) is 4.98 Å². The molecule has 0 unspecified atom stereocenters. The van der Waals surface area contributed by atoms with Crippen LogP contribution in [0.25, 0.3) is 0 Å². The van der Waals surface area contributed by atoms with Crippen molar-refractivity contribution in [1.82, 2.24) is 4.98 Å². The molecular weight excluding hydrogens is 211 g/mol. The molecule has 16 heavy (non-hydrogen) atoms. The smallest absolute Gasteiger partial charge is 0.360 e. The molecule has 0 saturated carbocycles. The molecule has 0 aliphatic heterocycles. The molecule has 88 valence electrons. The van der Waals surface area contributed by atoms with Crippen molar-refractivity contribution in [3.63, 3.8) is 0 Å². The van der Waals surface area contributed by atoms with Crippen LogP contribution in [0.5, 0.6) is 0 Å². The van der Waals surface area contributed by atoms with Crippen LogP contribution in [0.1, 0.15) is 36.8 Å². The van der Waals surface area contributed by atoms with Crippen molar-refractivity contribution in [2.45, 2.75) is 32.9 Å². The number of aromatic nitrogens is 1. The molecule has 0 fully saturated rings. The molecule has 0 saturated heterocycles. The molecule has 0 spiro atoms. The number of halogens is 1. The van der Waals surface area contributed by atoms with Gasteiger partial charge in [-0.05, 0) is 26.8 Å². The molecule has 0 aromatic carbocycles. The average molecular weight is 226 g/mol. The minimum Gasteiger partial charge on any atom is -0.455 e. The number of nitrogens with zero attached hydrogens (tertiary/aromatic N) is 1. The fourth-order valence-electron chi connectivity index (χ4n) is 1.11. The fourth-order valence-corrected chi connectivity index (χ4v) is 1.11. The van der Waals surface area contributed by atoms with Crippen LogP contribution >= 0.6 is 0 Å². The SMILES string of the molecule is CC(C)(C)OC(=O)c1nccc(CN)c1F. The number of nitrogens with two attached hydrogens (primary N) is 1. The Morgan fingerprint density at radius 3 is 2.69 bits per heavy atom. The lowest BCUT2D eigenvalue weighted by atomic mass is 10.2. The highest BCUT2D eigenvalue weighted by atomic mass is 19.1. The van der Waals surface area contributed by atoms with Crippen LogP contribution in [0.3, 0.4) is 0 Å². The van der Waals surface area contributed by atoms with Crippen molar-refractivity contribution < 1.29 is 13.9 Å². The van der Waals surface area contributed by atoms with Gasteiger partial charge in [-0.1, -0.05) is 0 Å². The van der Waals surface area contributed by atoms with Crippen LogP contribution in [0, 0.1) is 5.82 Å². The molecule has 1 aromatic rings. The highest BCUT2D eigenvalue weighted by Crippen LogP contribution is 2.15. The van der Waals surface area contributed by atoms with E-state index in [1.54, 1.807) is 20.8 Å². The van der Waals surface area contributed by atoms with E-state index in [1.807, 2.05) is 0 Å². The summed E-state index contributed by atoms with van der Waals surface area (Å²) in [7, 11) is 0. The minimum absolute atomic E-state index is 0.0180. The molecule has 0 bridgehead atoms. The molecule has 2 N–H and O–H groups in total. The van der Waals surface area contributed by atoms with Crippen LogP contribution in [0.15, 0.2) is 12.3 Å². The topological polar surface area (TPSA) is 65.2 Å². The molecule has 0 atom stereocenters. The Labute approximate surface area is 93.6 Å². The zero-order valence-electron chi connectivity index (χ0n) is 9.58. The zero-order chi connectivity index (χ0) is 12.3. The highest BCUT2D eigenvalue weighted by molar-refractivity contribution is 5.88. The van der Waals surface area contributed by atoms with E-state index >= 15 is 0 Å². The summed E-state index contributed by atoms with van der Waals surface area (Å²) >= 11 is 0. The summed E-state index contributed by atoms with van der Waals surface area (Å²) in [4.78, 5) is 15.2. The maximum absolute atomic E-state index is 13.7. The number of rotatable bonds is 2. The first-order valence-corrected chi connectivity index (χ1v) is 4.92. The number of hydrogen-bond donors (Lipinski definition) is 1. The zero-order valence-corrected chi connectivity index (χ0v) is 9.58. The second-order valence-electron chi connectivity index (χ2n) is 4.34. The molecule has 4 nitrogen and oxygen atoms in total. The predicted octanol–water partition coefficient (Wildman–Crippen LogP) is 1.63. The number of hydrogen-bond acceptors (Lipinski definition) is 4. The number of ether oxygens (including phenoxy) is 1. The Balaban J connectivity index is 3.01. The van der Waals surface area contributed by atoms with Gasteiger partial charge in [0.05, 0.1) is 0 Å². The van der Waals surface area contributed by atoms with Crippen LogP contribution in [0.2, 0.25) is 0 Å². The van der Waals surface area contributed by atoms with E-state index in [1.165, 1.54) is 12.3 Å². The van der Waals surface area contributed by atoms with E-state index in [0.717, 1.165) is 0 Å². The highest BCUT2D eigenvalue weighted by Gasteiger charge is 2.22. The Kier molecular flexibility index (Phi) is 3.59. The first-order valence-electron chi connectivity index (χ1n) is 4.92. The fraction of sp³-hybridized carbons (Fsp3) is 0.455. The molecule has 0 aliphatic rings. The van der Waals surface area contributed by atoms with Gasteiger partial charge >= 0.3 is 5.97 Å². The van der Waals surface area contributed by atoms with Gasteiger partial charge in [0.2, 0.25) is 0 Å². The lowest BCUT2D eigenvalue weighted by Crippen LogP contribution is -2.25. The van der Waals surface area contributed by atoms with Gasteiger partial charge < -0.3 is 10.5 Å². The lowest BCUT2D eigenvalue weighted by molar-refractivity contribution is 0.00573. The summed E-state index contributed by atoms with van der Waals surface area (Å²) in [5, 5.41) is 0. The maximum atomic E-state index is 13.7. The predicted molar refractivity (Wildman–Crippen MR) is 57.3 cm³/mol. The summed E-state index contributed by atoms with van der Waals surface area (Å²) in [5.41, 5.74) is 4.58. The van der Waals surface area contributed by atoms with E-state index < -0.39 is 17.4 Å². The molecule has 1 heterocycles. The third-order valence-corrected chi connectivity index (χ3v) is 1.78. The average Bonchev–Trinajstić information content (AvgIpc) is 2.15. The van der Waals surface area contributed by atoms with Crippen molar-refractivity contribution >= 4 is 5.97 Å². The normalized spacial score (nSPS) is 11.3. The molecule has 0 aliphatic carbocycles. The second-order valence-corrected chi connectivity index (χ2v) is 4.34. The maximum Gasteiger partial charge on any atom is 0.360 e. The van der Waals surface area contributed by atoms with Crippen LogP contribution in [-0.4, -0.2) is 16.6 Å². The van der Waals surface area contributed by atoms with Gasteiger partial charge in [-0.3, -0.25) is 0 Å². The molecule has 0 radical (unpaired) electrons. The molecule has 1 rings (SSSR count). The summed E-state index contributed by atoms with van der Waals surface area (Å²) < 4.78 is 18.7. The van der Waals surface area contributed by atoms with Gasteiger partial charge in [0.1, 0.15) is 5.60 Å². The molecule has 5 heteroatoms. The first-order chi connectivity index (χ1) is 7.35. The summed E-state index contributed by atoms with van der Waals surface area (Å²) in [5.74, 6) is -1.49. The Hall–Kier alpha value is -1.49. The van der Waals surface area contributed by atoms with Gasteiger partial charge in [0.25, 0.3) is 0 Å². The quantitative estimate of drug-likeness (QED) is 0.778. The van der Waals surface area contributed by atoms with Crippen LogP contribution in [-0.2, 0) is 11.3 Å². The van der Waals surface area contributed by atoms with Gasteiger partial charge in [-0.25, -0.2) is 14.2 Å².